The third-order valence-corrected chi connectivity index (χ3v) is 2.50. The molecule has 1 aromatic rings. The summed E-state index contributed by atoms with van der Waals surface area (Å²) in [6.07, 6.45) is 1.73. The van der Waals surface area contributed by atoms with Crippen molar-refractivity contribution in [1.82, 2.24) is 10.3 Å². The number of amides is 1. The maximum atomic E-state index is 11.8. The Morgan fingerprint density at radius 3 is 2.76 bits per heavy atom. The van der Waals surface area contributed by atoms with Crippen LogP contribution in [0.4, 0.5) is 11.5 Å². The summed E-state index contributed by atoms with van der Waals surface area (Å²) in [5, 5.41) is 5.74. The number of hydrogen-bond acceptors (Lipinski definition) is 6. The highest BCUT2D eigenvalue weighted by Crippen LogP contribution is 2.16. The van der Waals surface area contributed by atoms with E-state index in [-0.39, 0.29) is 30.5 Å². The molecule has 0 saturated carbocycles. The van der Waals surface area contributed by atoms with Crippen LogP contribution < -0.4 is 16.4 Å². The van der Waals surface area contributed by atoms with Crippen LogP contribution in [0.3, 0.4) is 0 Å². The zero-order chi connectivity index (χ0) is 15.8. The topological polar surface area (TPSA) is 106 Å². The molecule has 0 radical (unpaired) electrons. The molecular formula is C14H22N4O3. The van der Waals surface area contributed by atoms with Gasteiger partial charge in [-0.2, -0.15) is 0 Å². The van der Waals surface area contributed by atoms with Crippen LogP contribution in [0.15, 0.2) is 12.3 Å². The van der Waals surface area contributed by atoms with Crippen LogP contribution in [0.25, 0.3) is 0 Å². The Morgan fingerprint density at radius 2 is 2.14 bits per heavy atom. The van der Waals surface area contributed by atoms with Gasteiger partial charge in [-0.1, -0.05) is 0 Å². The zero-order valence-electron chi connectivity index (χ0n) is 12.6. The molecule has 1 heterocycles. The van der Waals surface area contributed by atoms with Crippen molar-refractivity contribution in [2.24, 2.45) is 0 Å². The average Bonchev–Trinajstić information content (AvgIpc) is 2.39. The summed E-state index contributed by atoms with van der Waals surface area (Å²) in [4.78, 5) is 27.4. The van der Waals surface area contributed by atoms with Gasteiger partial charge in [-0.3, -0.25) is 4.79 Å². The normalized spacial score (nSPS) is 10.3. The Bertz CT molecular complexity index is 503. The van der Waals surface area contributed by atoms with Gasteiger partial charge in [0.25, 0.3) is 0 Å². The lowest BCUT2D eigenvalue weighted by molar-refractivity contribution is -0.121. The van der Waals surface area contributed by atoms with Crippen LogP contribution in [0.5, 0.6) is 0 Å². The minimum atomic E-state index is -0.494. The number of hydrogen-bond donors (Lipinski definition) is 3. The van der Waals surface area contributed by atoms with Crippen molar-refractivity contribution in [3.05, 3.63) is 17.8 Å². The van der Waals surface area contributed by atoms with Gasteiger partial charge < -0.3 is 21.1 Å². The van der Waals surface area contributed by atoms with E-state index < -0.39 is 5.97 Å². The molecule has 0 aromatic carbocycles. The number of nitrogens with one attached hydrogen (secondary N) is 2. The Hall–Kier alpha value is -2.31. The number of anilines is 2. The summed E-state index contributed by atoms with van der Waals surface area (Å²) in [6.45, 7) is 6.14. The number of rotatable bonds is 7. The molecule has 1 amide bonds. The molecule has 0 fully saturated rings. The quantitative estimate of drug-likeness (QED) is 0.652. The van der Waals surface area contributed by atoms with Gasteiger partial charge in [-0.15, -0.1) is 0 Å². The highest BCUT2D eigenvalue weighted by molar-refractivity contribution is 5.95. The fourth-order valence-electron chi connectivity index (χ4n) is 1.67. The molecule has 21 heavy (non-hydrogen) atoms. The molecule has 0 aliphatic rings. The summed E-state index contributed by atoms with van der Waals surface area (Å²) in [5.41, 5.74) is 6.27. The van der Waals surface area contributed by atoms with E-state index in [1.165, 1.54) is 12.3 Å². The largest absolute Gasteiger partial charge is 0.462 e. The first kappa shape index (κ1) is 16.7. The molecule has 4 N–H and O–H groups in total. The van der Waals surface area contributed by atoms with Crippen molar-refractivity contribution in [2.45, 2.75) is 33.2 Å². The number of aromatic nitrogens is 1. The molecule has 0 spiro atoms. The number of nitrogens with two attached hydrogens (primary N) is 1. The van der Waals surface area contributed by atoms with Crippen molar-refractivity contribution in [3.8, 4) is 0 Å². The monoisotopic (exact) mass is 294 g/mol. The Kier molecular flexibility index (Phi) is 6.45. The first-order chi connectivity index (χ1) is 9.93. The molecule has 0 atom stereocenters. The van der Waals surface area contributed by atoms with Crippen LogP contribution >= 0.6 is 0 Å². The van der Waals surface area contributed by atoms with Crippen LogP contribution in [-0.2, 0) is 9.53 Å². The lowest BCUT2D eigenvalue weighted by Gasteiger charge is -2.12. The summed E-state index contributed by atoms with van der Waals surface area (Å²) < 4.78 is 4.95. The fourth-order valence-corrected chi connectivity index (χ4v) is 1.67. The Balaban J connectivity index is 2.66. The average molecular weight is 294 g/mol. The Labute approximate surface area is 124 Å². The van der Waals surface area contributed by atoms with Gasteiger partial charge in [0.15, 0.2) is 0 Å². The summed E-state index contributed by atoms with van der Waals surface area (Å²) in [6, 6.07) is 1.60. The number of carbonyl (C=O) groups is 2. The molecule has 0 unspecified atom stereocenters. The predicted octanol–water partition coefficient (Wildman–Crippen LogP) is 1.17. The van der Waals surface area contributed by atoms with Gasteiger partial charge in [-0.25, -0.2) is 9.78 Å². The highest BCUT2D eigenvalue weighted by atomic mass is 16.5. The van der Waals surface area contributed by atoms with E-state index in [1.807, 2.05) is 13.8 Å². The molecule has 0 saturated heterocycles. The van der Waals surface area contributed by atoms with E-state index in [9.17, 15) is 9.59 Å². The van der Waals surface area contributed by atoms with Gasteiger partial charge in [0, 0.05) is 19.0 Å². The second-order valence-corrected chi connectivity index (χ2v) is 4.78. The van der Waals surface area contributed by atoms with Gasteiger partial charge in [0.1, 0.15) is 11.4 Å². The predicted molar refractivity (Wildman–Crippen MR) is 81.0 cm³/mol. The third kappa shape index (κ3) is 5.68. The van der Waals surface area contributed by atoms with E-state index in [1.54, 1.807) is 6.92 Å². The van der Waals surface area contributed by atoms with Crippen LogP contribution in [0, 0.1) is 0 Å². The van der Waals surface area contributed by atoms with E-state index >= 15 is 0 Å². The number of nitrogen functional groups attached to an aromatic ring is 1. The summed E-state index contributed by atoms with van der Waals surface area (Å²) in [5.74, 6) is -0.197. The fraction of sp³-hybridized carbons (Fsp3) is 0.500. The molecule has 0 aliphatic carbocycles. The third-order valence-electron chi connectivity index (χ3n) is 2.50. The summed E-state index contributed by atoms with van der Waals surface area (Å²) in [7, 11) is 0. The first-order valence-electron chi connectivity index (χ1n) is 6.90. The van der Waals surface area contributed by atoms with Crippen molar-refractivity contribution < 1.29 is 14.3 Å². The van der Waals surface area contributed by atoms with E-state index in [0.29, 0.717) is 18.1 Å². The van der Waals surface area contributed by atoms with Crippen LogP contribution in [0.1, 0.15) is 37.6 Å². The highest BCUT2D eigenvalue weighted by Gasteiger charge is 2.14. The van der Waals surface area contributed by atoms with Crippen molar-refractivity contribution >= 4 is 23.4 Å². The number of carbonyl (C=O) groups excluding carboxylic acids is 2. The maximum absolute atomic E-state index is 11.8. The number of esters is 1. The number of ether oxygens (including phenoxy) is 1. The second kappa shape index (κ2) is 8.08. The van der Waals surface area contributed by atoms with Gasteiger partial charge in [0.2, 0.25) is 5.91 Å². The summed E-state index contributed by atoms with van der Waals surface area (Å²) >= 11 is 0. The lowest BCUT2D eigenvalue weighted by atomic mass is 10.2. The molecule has 7 nitrogen and oxygen atoms in total. The van der Waals surface area contributed by atoms with Gasteiger partial charge >= 0.3 is 5.97 Å². The van der Waals surface area contributed by atoms with E-state index in [2.05, 4.69) is 15.6 Å². The first-order valence-corrected chi connectivity index (χ1v) is 6.90. The lowest BCUT2D eigenvalue weighted by Crippen LogP contribution is -2.31. The molecule has 7 heteroatoms. The van der Waals surface area contributed by atoms with Crippen LogP contribution in [0.2, 0.25) is 0 Å². The second-order valence-electron chi connectivity index (χ2n) is 4.78. The van der Waals surface area contributed by atoms with E-state index in [0.717, 1.165) is 0 Å². The zero-order valence-corrected chi connectivity index (χ0v) is 12.6. The number of pyridine rings is 1. The smallest absolute Gasteiger partial charge is 0.341 e. The van der Waals surface area contributed by atoms with Crippen molar-refractivity contribution in [3.63, 3.8) is 0 Å². The maximum Gasteiger partial charge on any atom is 0.341 e. The Morgan fingerprint density at radius 1 is 1.43 bits per heavy atom. The molecule has 0 aliphatic heterocycles. The van der Waals surface area contributed by atoms with Gasteiger partial charge in [0.05, 0.1) is 18.5 Å². The molecule has 116 valence electrons. The minimum Gasteiger partial charge on any atom is -0.462 e. The molecule has 1 aromatic heterocycles. The minimum absolute atomic E-state index is 0.0642. The van der Waals surface area contributed by atoms with E-state index in [4.69, 9.17) is 10.5 Å². The standard InChI is InChI=1S/C14H22N4O3/c1-4-21-14(20)11-7-10(15)8-17-13(11)16-6-5-12(19)18-9(2)3/h7-9H,4-6,15H2,1-3H3,(H,16,17)(H,18,19). The molecular weight excluding hydrogens is 272 g/mol. The number of nitrogens with zero attached hydrogens (tertiary/aromatic N) is 1. The molecule has 0 bridgehead atoms. The SMILES string of the molecule is CCOC(=O)c1cc(N)cnc1NCCC(=O)NC(C)C. The van der Waals surface area contributed by atoms with Gasteiger partial charge in [-0.05, 0) is 26.8 Å². The molecule has 1 rings (SSSR count). The van der Waals surface area contributed by atoms with Crippen LogP contribution in [-0.4, -0.2) is 36.1 Å². The van der Waals surface area contributed by atoms with Crippen molar-refractivity contribution in [2.75, 3.05) is 24.2 Å². The van der Waals surface area contributed by atoms with Crippen molar-refractivity contribution in [1.29, 1.82) is 0 Å².